The lowest BCUT2D eigenvalue weighted by Gasteiger charge is -2.40. The molecular formula is C26H31N3O4. The number of fused-ring (bicyclic) bond motifs is 1. The molecule has 1 saturated carbocycles. The molecule has 0 unspecified atom stereocenters. The zero-order chi connectivity index (χ0) is 22.8. The first-order valence-corrected chi connectivity index (χ1v) is 11.9. The summed E-state index contributed by atoms with van der Waals surface area (Å²) in [7, 11) is 0. The van der Waals surface area contributed by atoms with E-state index in [9.17, 15) is 9.59 Å². The third kappa shape index (κ3) is 4.69. The van der Waals surface area contributed by atoms with Gasteiger partial charge in [0.2, 0.25) is 12.7 Å². The van der Waals surface area contributed by atoms with Crippen LogP contribution in [0.15, 0.2) is 42.5 Å². The average Bonchev–Trinajstić information content (AvgIpc) is 3.51. The molecule has 2 aromatic carbocycles. The van der Waals surface area contributed by atoms with E-state index in [0.29, 0.717) is 43.6 Å². The number of nitrogens with zero attached hydrogens (tertiary/aromatic N) is 2. The number of carbonyl (C=O) groups is 2. The van der Waals surface area contributed by atoms with Crippen LogP contribution < -0.4 is 14.8 Å². The third-order valence-corrected chi connectivity index (χ3v) is 7.01. The van der Waals surface area contributed by atoms with Crippen LogP contribution in [0.5, 0.6) is 11.5 Å². The van der Waals surface area contributed by atoms with Gasteiger partial charge in [-0.15, -0.1) is 0 Å². The highest BCUT2D eigenvalue weighted by molar-refractivity contribution is 5.96. The van der Waals surface area contributed by atoms with Crippen molar-refractivity contribution < 1.29 is 19.1 Å². The van der Waals surface area contributed by atoms with Crippen LogP contribution in [-0.4, -0.2) is 60.6 Å². The Bertz CT molecular complexity index is 1030. The summed E-state index contributed by atoms with van der Waals surface area (Å²) in [6.45, 7) is 4.88. The number of anilines is 1. The van der Waals surface area contributed by atoms with E-state index in [4.69, 9.17) is 9.47 Å². The van der Waals surface area contributed by atoms with Gasteiger partial charge in [-0.3, -0.25) is 14.5 Å². The Labute approximate surface area is 194 Å². The van der Waals surface area contributed by atoms with Crippen LogP contribution in [0, 0.1) is 12.8 Å². The van der Waals surface area contributed by atoms with Crippen molar-refractivity contribution >= 4 is 17.5 Å². The summed E-state index contributed by atoms with van der Waals surface area (Å²) in [5.74, 6) is 1.81. The molecule has 2 aliphatic heterocycles. The lowest BCUT2D eigenvalue weighted by atomic mass is 9.94. The molecule has 0 spiro atoms. The fourth-order valence-corrected chi connectivity index (χ4v) is 5.31. The van der Waals surface area contributed by atoms with Gasteiger partial charge in [-0.05, 0) is 49.9 Å². The maximum atomic E-state index is 13.5. The second-order valence-corrected chi connectivity index (χ2v) is 9.24. The predicted molar refractivity (Wildman–Crippen MR) is 126 cm³/mol. The van der Waals surface area contributed by atoms with Gasteiger partial charge in [0, 0.05) is 43.5 Å². The summed E-state index contributed by atoms with van der Waals surface area (Å²) in [6, 6.07) is 13.1. The van der Waals surface area contributed by atoms with Crippen molar-refractivity contribution in [2.75, 3.05) is 38.3 Å². The van der Waals surface area contributed by atoms with E-state index in [-0.39, 0.29) is 24.6 Å². The number of hydrogen-bond acceptors (Lipinski definition) is 5. The Balaban J connectivity index is 1.26. The number of hydrogen-bond donors (Lipinski definition) is 1. The molecule has 2 amide bonds. The standard InChI is InChI=1S/C26H31N3O4/c1-18-5-4-8-20(15-18)26(31)29-13-11-28(12-14-29)24(19-6-2-3-7-19)25(30)27-21-9-10-22-23(16-21)33-17-32-22/h4-5,8-10,15-16,19,24H,2-3,6-7,11-14,17H2,1H3,(H,27,30)/t24-/m1/s1. The Hall–Kier alpha value is -3.06. The fraction of sp³-hybridized carbons (Fsp3) is 0.462. The summed E-state index contributed by atoms with van der Waals surface area (Å²) in [6.07, 6.45) is 4.48. The van der Waals surface area contributed by atoms with Gasteiger partial charge in [0.05, 0.1) is 6.04 Å². The van der Waals surface area contributed by atoms with Crippen LogP contribution in [0.2, 0.25) is 0 Å². The number of benzene rings is 2. The van der Waals surface area contributed by atoms with Crippen molar-refractivity contribution in [2.45, 2.75) is 38.6 Å². The van der Waals surface area contributed by atoms with Crippen LogP contribution in [0.25, 0.3) is 0 Å². The van der Waals surface area contributed by atoms with Gasteiger partial charge in [0.1, 0.15) is 0 Å². The molecule has 1 saturated heterocycles. The number of amides is 2. The van der Waals surface area contributed by atoms with Gasteiger partial charge in [-0.2, -0.15) is 0 Å². The van der Waals surface area contributed by atoms with Crippen molar-refractivity contribution in [1.29, 1.82) is 0 Å². The summed E-state index contributed by atoms with van der Waals surface area (Å²) in [4.78, 5) is 30.6. The molecule has 3 aliphatic rings. The number of ether oxygens (including phenoxy) is 2. The van der Waals surface area contributed by atoms with E-state index < -0.39 is 0 Å². The highest BCUT2D eigenvalue weighted by atomic mass is 16.7. The number of piperazine rings is 1. The van der Waals surface area contributed by atoms with Gasteiger partial charge in [0.15, 0.2) is 11.5 Å². The van der Waals surface area contributed by atoms with E-state index in [0.717, 1.165) is 29.7 Å². The number of nitrogens with one attached hydrogen (secondary N) is 1. The average molecular weight is 450 g/mol. The molecule has 1 aliphatic carbocycles. The first-order valence-electron chi connectivity index (χ1n) is 11.9. The van der Waals surface area contributed by atoms with Gasteiger partial charge >= 0.3 is 0 Å². The molecule has 7 heteroatoms. The Morgan fingerprint density at radius 1 is 0.970 bits per heavy atom. The van der Waals surface area contributed by atoms with E-state index >= 15 is 0 Å². The molecule has 5 rings (SSSR count). The van der Waals surface area contributed by atoms with Crippen molar-refractivity contribution in [1.82, 2.24) is 9.80 Å². The van der Waals surface area contributed by atoms with Gasteiger partial charge in [-0.1, -0.05) is 30.5 Å². The molecule has 0 radical (unpaired) electrons. The van der Waals surface area contributed by atoms with Crippen LogP contribution in [-0.2, 0) is 4.79 Å². The van der Waals surface area contributed by atoms with E-state index in [1.54, 1.807) is 0 Å². The molecule has 2 heterocycles. The first kappa shape index (κ1) is 21.8. The van der Waals surface area contributed by atoms with Gasteiger partial charge in [-0.25, -0.2) is 0 Å². The quantitative estimate of drug-likeness (QED) is 0.754. The minimum Gasteiger partial charge on any atom is -0.454 e. The zero-order valence-electron chi connectivity index (χ0n) is 19.1. The Morgan fingerprint density at radius 3 is 2.48 bits per heavy atom. The third-order valence-electron chi connectivity index (χ3n) is 7.01. The topological polar surface area (TPSA) is 71.1 Å². The molecule has 1 N–H and O–H groups in total. The van der Waals surface area contributed by atoms with E-state index in [1.807, 2.05) is 54.3 Å². The van der Waals surface area contributed by atoms with Crippen molar-refractivity contribution in [2.24, 2.45) is 5.92 Å². The highest BCUT2D eigenvalue weighted by Gasteiger charge is 2.37. The Kier molecular flexibility index (Phi) is 6.22. The van der Waals surface area contributed by atoms with Crippen molar-refractivity contribution in [3.63, 3.8) is 0 Å². The van der Waals surface area contributed by atoms with Crippen molar-refractivity contribution in [3.8, 4) is 11.5 Å². The fourth-order valence-electron chi connectivity index (χ4n) is 5.31. The minimum absolute atomic E-state index is 0.0271. The monoisotopic (exact) mass is 449 g/mol. The van der Waals surface area contributed by atoms with E-state index in [2.05, 4.69) is 10.2 Å². The molecule has 174 valence electrons. The van der Waals surface area contributed by atoms with Gasteiger partial charge < -0.3 is 19.7 Å². The number of carbonyl (C=O) groups excluding carboxylic acids is 2. The second kappa shape index (κ2) is 9.43. The summed E-state index contributed by atoms with van der Waals surface area (Å²) in [5, 5.41) is 3.12. The SMILES string of the molecule is Cc1cccc(C(=O)N2CCN([C@@H](C(=O)Nc3ccc4c(c3)OCO4)C3CCCC3)CC2)c1. The van der Waals surface area contributed by atoms with Gasteiger partial charge in [0.25, 0.3) is 5.91 Å². The summed E-state index contributed by atoms with van der Waals surface area (Å²) >= 11 is 0. The molecule has 2 fully saturated rings. The zero-order valence-corrected chi connectivity index (χ0v) is 19.1. The number of aryl methyl sites for hydroxylation is 1. The lowest BCUT2D eigenvalue weighted by Crippen LogP contribution is -2.56. The molecule has 33 heavy (non-hydrogen) atoms. The Morgan fingerprint density at radius 2 is 1.73 bits per heavy atom. The first-order chi connectivity index (χ1) is 16.1. The summed E-state index contributed by atoms with van der Waals surface area (Å²) in [5.41, 5.74) is 2.54. The maximum Gasteiger partial charge on any atom is 0.253 e. The molecule has 0 bridgehead atoms. The normalized spacial score (nSPS) is 19.5. The highest BCUT2D eigenvalue weighted by Crippen LogP contribution is 2.35. The summed E-state index contributed by atoms with van der Waals surface area (Å²) < 4.78 is 10.8. The van der Waals surface area contributed by atoms with Crippen molar-refractivity contribution in [3.05, 3.63) is 53.6 Å². The lowest BCUT2D eigenvalue weighted by molar-refractivity contribution is -0.123. The van der Waals surface area contributed by atoms with Crippen LogP contribution in [0.4, 0.5) is 5.69 Å². The molecule has 0 aromatic heterocycles. The second-order valence-electron chi connectivity index (χ2n) is 9.24. The van der Waals surface area contributed by atoms with Crippen LogP contribution >= 0.6 is 0 Å². The van der Waals surface area contributed by atoms with E-state index in [1.165, 1.54) is 12.8 Å². The molecule has 2 aromatic rings. The molecular weight excluding hydrogens is 418 g/mol. The molecule has 7 nitrogen and oxygen atoms in total. The molecule has 1 atom stereocenters. The maximum absolute atomic E-state index is 13.5. The van der Waals surface area contributed by atoms with Crippen LogP contribution in [0.1, 0.15) is 41.6 Å². The van der Waals surface area contributed by atoms with Crippen LogP contribution in [0.3, 0.4) is 0 Å². The minimum atomic E-state index is -0.186. The largest absolute Gasteiger partial charge is 0.454 e. The predicted octanol–water partition coefficient (Wildman–Crippen LogP) is 3.68. The smallest absolute Gasteiger partial charge is 0.253 e. The number of rotatable bonds is 5.